The molecule has 21 heavy (non-hydrogen) atoms. The van der Waals surface area contributed by atoms with Gasteiger partial charge in [-0.1, -0.05) is 6.92 Å². The molecule has 1 heterocycles. The molecule has 0 aliphatic carbocycles. The van der Waals surface area contributed by atoms with Gasteiger partial charge in [0, 0.05) is 15.3 Å². The molecule has 0 bridgehead atoms. The molecule has 1 atom stereocenters. The summed E-state index contributed by atoms with van der Waals surface area (Å²) >= 11 is 1.60. The molecule has 0 fully saturated rings. The summed E-state index contributed by atoms with van der Waals surface area (Å²) in [6.45, 7) is 2.10. The van der Waals surface area contributed by atoms with Crippen LogP contribution in [0.1, 0.15) is 28.3 Å². The average Bonchev–Trinajstić information content (AvgIpc) is 3.01. The lowest BCUT2D eigenvalue weighted by atomic mass is 10.1. The van der Waals surface area contributed by atoms with Gasteiger partial charge in [-0.2, -0.15) is 0 Å². The standard InChI is InChI=1S/C16H20O4S/c1-5-10-6-9-13(21-10)14(17)11-7-8-12(18-2)16(20-4)15(11)19-3/h6-9,14,17H,5H2,1-4H3. The van der Waals surface area contributed by atoms with Crippen molar-refractivity contribution in [3.8, 4) is 17.2 Å². The smallest absolute Gasteiger partial charge is 0.203 e. The molecule has 1 aromatic carbocycles. The minimum absolute atomic E-state index is 0.490. The van der Waals surface area contributed by atoms with E-state index in [1.54, 1.807) is 44.8 Å². The fraction of sp³-hybridized carbons (Fsp3) is 0.375. The predicted octanol–water partition coefficient (Wildman–Crippen LogP) is 3.42. The molecule has 0 radical (unpaired) electrons. The molecule has 0 spiro atoms. The van der Waals surface area contributed by atoms with E-state index in [1.807, 2.05) is 12.1 Å². The predicted molar refractivity (Wildman–Crippen MR) is 83.9 cm³/mol. The average molecular weight is 308 g/mol. The monoisotopic (exact) mass is 308 g/mol. The summed E-state index contributed by atoms with van der Waals surface area (Å²) in [5.74, 6) is 1.56. The van der Waals surface area contributed by atoms with E-state index in [0.29, 0.717) is 22.8 Å². The third-order valence-corrected chi connectivity index (χ3v) is 4.61. The Morgan fingerprint density at radius 3 is 2.24 bits per heavy atom. The number of hydrogen-bond donors (Lipinski definition) is 1. The molecule has 0 amide bonds. The van der Waals surface area contributed by atoms with Gasteiger partial charge in [0.05, 0.1) is 21.3 Å². The van der Waals surface area contributed by atoms with Gasteiger partial charge in [0.2, 0.25) is 5.75 Å². The second-order valence-corrected chi connectivity index (χ2v) is 5.68. The zero-order valence-corrected chi connectivity index (χ0v) is 13.5. The van der Waals surface area contributed by atoms with Gasteiger partial charge in [0.1, 0.15) is 6.10 Å². The number of ether oxygens (including phenoxy) is 3. The molecule has 2 aromatic rings. The highest BCUT2D eigenvalue weighted by atomic mass is 32.1. The highest BCUT2D eigenvalue weighted by Gasteiger charge is 2.22. The van der Waals surface area contributed by atoms with E-state index >= 15 is 0 Å². The van der Waals surface area contributed by atoms with Crippen LogP contribution >= 0.6 is 11.3 Å². The second kappa shape index (κ2) is 6.83. The third kappa shape index (κ3) is 2.99. The van der Waals surface area contributed by atoms with Crippen molar-refractivity contribution >= 4 is 11.3 Å². The summed E-state index contributed by atoms with van der Waals surface area (Å²) in [6.07, 6.45) is 0.213. The number of aliphatic hydroxyl groups excluding tert-OH is 1. The van der Waals surface area contributed by atoms with Gasteiger partial charge in [-0.15, -0.1) is 11.3 Å². The summed E-state index contributed by atoms with van der Waals surface area (Å²) in [5, 5.41) is 10.6. The molecule has 4 nitrogen and oxygen atoms in total. The fourth-order valence-electron chi connectivity index (χ4n) is 2.22. The molecule has 1 N–H and O–H groups in total. The van der Waals surface area contributed by atoms with Crippen molar-refractivity contribution in [3.05, 3.63) is 39.6 Å². The minimum atomic E-state index is -0.745. The lowest BCUT2D eigenvalue weighted by Gasteiger charge is -2.18. The number of benzene rings is 1. The van der Waals surface area contributed by atoms with Crippen molar-refractivity contribution in [3.63, 3.8) is 0 Å². The van der Waals surface area contributed by atoms with Crippen LogP contribution in [0.3, 0.4) is 0 Å². The molecule has 0 aliphatic rings. The molecular formula is C16H20O4S. The summed E-state index contributed by atoms with van der Waals surface area (Å²) < 4.78 is 16.0. The van der Waals surface area contributed by atoms with Crippen LogP contribution < -0.4 is 14.2 Å². The van der Waals surface area contributed by atoms with Crippen molar-refractivity contribution < 1.29 is 19.3 Å². The Bertz CT molecular complexity index is 606. The first-order valence-corrected chi connectivity index (χ1v) is 7.53. The van der Waals surface area contributed by atoms with E-state index in [4.69, 9.17) is 14.2 Å². The van der Waals surface area contributed by atoms with Crippen LogP contribution in [-0.2, 0) is 6.42 Å². The summed E-state index contributed by atoms with van der Waals surface area (Å²) in [4.78, 5) is 2.13. The molecule has 114 valence electrons. The maximum Gasteiger partial charge on any atom is 0.203 e. The fourth-order valence-corrected chi connectivity index (χ4v) is 3.18. The lowest BCUT2D eigenvalue weighted by molar-refractivity contribution is 0.216. The zero-order valence-electron chi connectivity index (χ0n) is 12.7. The minimum Gasteiger partial charge on any atom is -0.493 e. The van der Waals surface area contributed by atoms with Crippen molar-refractivity contribution in [2.75, 3.05) is 21.3 Å². The van der Waals surface area contributed by atoms with Crippen LogP contribution in [-0.4, -0.2) is 26.4 Å². The summed E-state index contributed by atoms with van der Waals surface area (Å²) in [6, 6.07) is 7.56. The molecular weight excluding hydrogens is 288 g/mol. The maximum atomic E-state index is 10.6. The topological polar surface area (TPSA) is 47.9 Å². The molecule has 1 unspecified atom stereocenters. The maximum absolute atomic E-state index is 10.6. The van der Waals surface area contributed by atoms with Crippen LogP contribution in [0.25, 0.3) is 0 Å². The van der Waals surface area contributed by atoms with E-state index in [2.05, 4.69) is 6.92 Å². The first kappa shape index (κ1) is 15.7. The number of thiophene rings is 1. The van der Waals surface area contributed by atoms with E-state index in [-0.39, 0.29) is 0 Å². The Hall–Kier alpha value is -1.72. The molecule has 2 rings (SSSR count). The molecule has 0 aliphatic heterocycles. The Balaban J connectivity index is 2.47. The first-order valence-electron chi connectivity index (χ1n) is 6.71. The van der Waals surface area contributed by atoms with E-state index in [0.717, 1.165) is 11.3 Å². The summed E-state index contributed by atoms with van der Waals surface area (Å²) in [7, 11) is 4.68. The number of aryl methyl sites for hydroxylation is 1. The molecule has 0 saturated carbocycles. The number of methoxy groups -OCH3 is 3. The highest BCUT2D eigenvalue weighted by molar-refractivity contribution is 7.12. The Morgan fingerprint density at radius 1 is 1.00 bits per heavy atom. The van der Waals surface area contributed by atoms with Gasteiger partial charge in [-0.25, -0.2) is 0 Å². The zero-order chi connectivity index (χ0) is 15.4. The third-order valence-electron chi connectivity index (χ3n) is 3.33. The van der Waals surface area contributed by atoms with Crippen LogP contribution in [0.5, 0.6) is 17.2 Å². The van der Waals surface area contributed by atoms with Crippen LogP contribution in [0.15, 0.2) is 24.3 Å². The van der Waals surface area contributed by atoms with Crippen molar-refractivity contribution in [1.82, 2.24) is 0 Å². The number of aliphatic hydroxyl groups is 1. The van der Waals surface area contributed by atoms with Crippen LogP contribution in [0.2, 0.25) is 0 Å². The SMILES string of the molecule is CCc1ccc(C(O)c2ccc(OC)c(OC)c2OC)s1. The van der Waals surface area contributed by atoms with Gasteiger partial charge in [-0.05, 0) is 30.7 Å². The quantitative estimate of drug-likeness (QED) is 0.888. The van der Waals surface area contributed by atoms with Gasteiger partial charge in [0.15, 0.2) is 11.5 Å². The van der Waals surface area contributed by atoms with Crippen molar-refractivity contribution in [2.24, 2.45) is 0 Å². The highest BCUT2D eigenvalue weighted by Crippen LogP contribution is 2.44. The van der Waals surface area contributed by atoms with Crippen molar-refractivity contribution in [1.29, 1.82) is 0 Å². The van der Waals surface area contributed by atoms with Gasteiger partial charge in [-0.3, -0.25) is 0 Å². The number of hydrogen-bond acceptors (Lipinski definition) is 5. The van der Waals surface area contributed by atoms with E-state index < -0.39 is 6.10 Å². The van der Waals surface area contributed by atoms with Gasteiger partial charge >= 0.3 is 0 Å². The second-order valence-electron chi connectivity index (χ2n) is 4.48. The Labute approximate surface area is 128 Å². The molecule has 0 saturated heterocycles. The Kier molecular flexibility index (Phi) is 5.09. The van der Waals surface area contributed by atoms with Crippen LogP contribution in [0.4, 0.5) is 0 Å². The summed E-state index contributed by atoms with van der Waals surface area (Å²) in [5.41, 5.74) is 0.666. The van der Waals surface area contributed by atoms with Crippen LogP contribution in [0, 0.1) is 0 Å². The normalized spacial score (nSPS) is 12.0. The molecule has 5 heteroatoms. The first-order chi connectivity index (χ1) is 10.2. The van der Waals surface area contributed by atoms with Gasteiger partial charge < -0.3 is 19.3 Å². The largest absolute Gasteiger partial charge is 0.493 e. The van der Waals surface area contributed by atoms with Crippen molar-refractivity contribution in [2.45, 2.75) is 19.4 Å². The molecule has 1 aromatic heterocycles. The Morgan fingerprint density at radius 2 is 1.71 bits per heavy atom. The lowest BCUT2D eigenvalue weighted by Crippen LogP contribution is -2.03. The van der Waals surface area contributed by atoms with E-state index in [9.17, 15) is 5.11 Å². The van der Waals surface area contributed by atoms with E-state index in [1.165, 1.54) is 4.88 Å². The number of rotatable bonds is 6. The van der Waals surface area contributed by atoms with Gasteiger partial charge in [0.25, 0.3) is 0 Å².